The second-order valence-corrected chi connectivity index (χ2v) is 10.2. The number of rotatable bonds is 4. The van der Waals surface area contributed by atoms with Crippen LogP contribution in [0.3, 0.4) is 0 Å². The van der Waals surface area contributed by atoms with E-state index in [0.717, 1.165) is 35.9 Å². The smallest absolute Gasteiger partial charge is 0.304 e. The second-order valence-electron chi connectivity index (χ2n) is 9.24. The number of carbonyl (C=O) groups excluding carboxylic acids is 2. The molecular formula is C25H21F6N5O2S. The number of hydrogen-bond acceptors (Lipinski definition) is 6. The number of likely N-dealkylation sites (N-methyl/N-ethyl adjacent to an activating group) is 1. The number of aromatic nitrogens is 2. The normalized spacial score (nSPS) is 19.2. The molecule has 1 aromatic heterocycles. The van der Waals surface area contributed by atoms with E-state index in [0.29, 0.717) is 35.6 Å². The Morgan fingerprint density at radius 1 is 0.949 bits per heavy atom. The average Bonchev–Trinajstić information content (AvgIpc) is 3.38. The summed E-state index contributed by atoms with van der Waals surface area (Å²) < 4.78 is 80.9. The molecule has 2 amide bonds. The third-order valence-corrected chi connectivity index (χ3v) is 7.42. The fraction of sp³-hybridized carbons (Fsp3) is 0.320. The Morgan fingerprint density at radius 3 is 2.33 bits per heavy atom. The first-order chi connectivity index (χ1) is 18.3. The Labute approximate surface area is 222 Å². The fourth-order valence-electron chi connectivity index (χ4n) is 4.49. The number of thioether (sulfide) groups is 1. The molecule has 3 heterocycles. The Morgan fingerprint density at radius 2 is 1.67 bits per heavy atom. The quantitative estimate of drug-likeness (QED) is 0.313. The molecule has 0 N–H and O–H groups in total. The molecule has 0 atom stereocenters. The summed E-state index contributed by atoms with van der Waals surface area (Å²) in [4.78, 5) is 27.8. The SMILES string of the molecule is CN1CCN(N2C(=O)S/C(=C\c3ccc4c(cnn4Cc4ccc(C(F)(F)F)cc4C(F)(F)F)c3)C2=O)CC1. The summed E-state index contributed by atoms with van der Waals surface area (Å²) in [5.74, 6) is -0.424. The molecule has 206 valence electrons. The van der Waals surface area contributed by atoms with Gasteiger partial charge in [0.15, 0.2) is 0 Å². The number of imide groups is 1. The van der Waals surface area contributed by atoms with Crippen LogP contribution in [0.15, 0.2) is 47.5 Å². The van der Waals surface area contributed by atoms with Crippen molar-refractivity contribution in [3.63, 3.8) is 0 Å². The van der Waals surface area contributed by atoms with Crippen LogP contribution >= 0.6 is 11.8 Å². The summed E-state index contributed by atoms with van der Waals surface area (Å²) in [7, 11) is 1.96. The highest BCUT2D eigenvalue weighted by atomic mass is 32.2. The van der Waals surface area contributed by atoms with E-state index < -0.39 is 35.9 Å². The number of benzene rings is 2. The molecule has 2 aromatic carbocycles. The maximum Gasteiger partial charge on any atom is 0.416 e. The molecule has 2 fully saturated rings. The van der Waals surface area contributed by atoms with Gasteiger partial charge in [-0.2, -0.15) is 36.5 Å². The molecule has 0 aliphatic carbocycles. The molecule has 0 radical (unpaired) electrons. The van der Waals surface area contributed by atoms with Gasteiger partial charge < -0.3 is 4.90 Å². The van der Waals surface area contributed by atoms with Crippen LogP contribution in [0.2, 0.25) is 0 Å². The van der Waals surface area contributed by atoms with Gasteiger partial charge in [0.2, 0.25) is 0 Å². The number of halogens is 6. The second kappa shape index (κ2) is 9.99. The van der Waals surface area contributed by atoms with Gasteiger partial charge in [0.1, 0.15) is 0 Å². The van der Waals surface area contributed by atoms with Crippen LogP contribution in [0.4, 0.5) is 31.1 Å². The van der Waals surface area contributed by atoms with Gasteiger partial charge in [-0.05, 0) is 60.3 Å². The molecule has 0 spiro atoms. The number of hydrogen-bond donors (Lipinski definition) is 0. The van der Waals surface area contributed by atoms with Crippen molar-refractivity contribution < 1.29 is 35.9 Å². The average molecular weight is 570 g/mol. The van der Waals surface area contributed by atoms with Crippen molar-refractivity contribution in [2.75, 3.05) is 33.2 Å². The van der Waals surface area contributed by atoms with Crippen molar-refractivity contribution in [2.24, 2.45) is 0 Å². The summed E-state index contributed by atoms with van der Waals surface area (Å²) in [5, 5.41) is 7.16. The van der Waals surface area contributed by atoms with Gasteiger partial charge in [0.05, 0.1) is 34.3 Å². The minimum atomic E-state index is -4.99. The van der Waals surface area contributed by atoms with Crippen LogP contribution in [0, 0.1) is 0 Å². The number of nitrogens with zero attached hydrogens (tertiary/aromatic N) is 5. The van der Waals surface area contributed by atoms with Gasteiger partial charge in [-0.3, -0.25) is 14.3 Å². The van der Waals surface area contributed by atoms with Crippen molar-refractivity contribution in [3.05, 3.63) is 69.8 Å². The van der Waals surface area contributed by atoms with E-state index in [4.69, 9.17) is 0 Å². The highest BCUT2D eigenvalue weighted by molar-refractivity contribution is 8.18. The molecule has 3 aromatic rings. The van der Waals surface area contributed by atoms with Gasteiger partial charge in [0.25, 0.3) is 5.91 Å². The van der Waals surface area contributed by atoms with E-state index in [-0.39, 0.29) is 21.8 Å². The largest absolute Gasteiger partial charge is 0.416 e. The third kappa shape index (κ3) is 5.54. The van der Waals surface area contributed by atoms with Gasteiger partial charge >= 0.3 is 17.6 Å². The van der Waals surface area contributed by atoms with Crippen LogP contribution < -0.4 is 0 Å². The first-order valence-corrected chi connectivity index (χ1v) is 12.6. The van der Waals surface area contributed by atoms with E-state index in [1.807, 2.05) is 7.05 Å². The first kappa shape index (κ1) is 27.2. The lowest BCUT2D eigenvalue weighted by molar-refractivity contribution is -0.143. The summed E-state index contributed by atoms with van der Waals surface area (Å²) >= 11 is 0.826. The van der Waals surface area contributed by atoms with E-state index in [9.17, 15) is 35.9 Å². The molecule has 0 bridgehead atoms. The summed E-state index contributed by atoms with van der Waals surface area (Å²) in [6.45, 7) is 2.13. The number of alkyl halides is 6. The molecule has 7 nitrogen and oxygen atoms in total. The zero-order valence-corrected chi connectivity index (χ0v) is 21.2. The van der Waals surface area contributed by atoms with Crippen molar-refractivity contribution in [1.29, 1.82) is 0 Å². The molecule has 2 aliphatic rings. The Balaban J connectivity index is 1.39. The highest BCUT2D eigenvalue weighted by Gasteiger charge is 2.40. The van der Waals surface area contributed by atoms with E-state index in [2.05, 4.69) is 10.00 Å². The molecule has 0 saturated carbocycles. The maximum absolute atomic E-state index is 13.6. The summed E-state index contributed by atoms with van der Waals surface area (Å²) in [6.07, 6.45) is -6.91. The monoisotopic (exact) mass is 569 g/mol. The highest BCUT2D eigenvalue weighted by Crippen LogP contribution is 2.38. The van der Waals surface area contributed by atoms with Gasteiger partial charge in [0, 0.05) is 31.6 Å². The Kier molecular flexibility index (Phi) is 6.97. The lowest BCUT2D eigenvalue weighted by atomic mass is 10.0. The Bertz CT molecular complexity index is 1470. The molecular weight excluding hydrogens is 548 g/mol. The van der Waals surface area contributed by atoms with Crippen LogP contribution in [0.5, 0.6) is 0 Å². The molecule has 14 heteroatoms. The summed E-state index contributed by atoms with van der Waals surface area (Å²) in [6, 6.07) is 6.42. The van der Waals surface area contributed by atoms with Crippen molar-refractivity contribution in [2.45, 2.75) is 18.9 Å². The molecule has 39 heavy (non-hydrogen) atoms. The van der Waals surface area contributed by atoms with Gasteiger partial charge in [-0.15, -0.1) is 0 Å². The molecule has 5 rings (SSSR count). The third-order valence-electron chi connectivity index (χ3n) is 6.56. The lowest BCUT2D eigenvalue weighted by Gasteiger charge is -2.36. The molecule has 2 aliphatic heterocycles. The van der Waals surface area contributed by atoms with Gasteiger partial charge in [-0.25, -0.2) is 5.01 Å². The number of fused-ring (bicyclic) bond motifs is 1. The zero-order chi connectivity index (χ0) is 28.1. The number of hydrazine groups is 1. The van der Waals surface area contributed by atoms with Crippen molar-refractivity contribution in [1.82, 2.24) is 24.7 Å². The van der Waals surface area contributed by atoms with Crippen molar-refractivity contribution in [3.8, 4) is 0 Å². The minimum absolute atomic E-state index is 0.105. The van der Waals surface area contributed by atoms with Crippen LogP contribution in [0.25, 0.3) is 17.0 Å². The number of carbonyl (C=O) groups is 2. The van der Waals surface area contributed by atoms with Crippen LogP contribution in [0.1, 0.15) is 22.3 Å². The zero-order valence-electron chi connectivity index (χ0n) is 20.4. The van der Waals surface area contributed by atoms with E-state index in [1.54, 1.807) is 29.3 Å². The van der Waals surface area contributed by atoms with Crippen molar-refractivity contribution >= 4 is 39.9 Å². The summed E-state index contributed by atoms with van der Waals surface area (Å²) in [5.41, 5.74) is -2.09. The standard InChI is InChI=1S/C25H21F6N5O2S/c1-33-6-8-34(9-7-33)36-22(37)21(39-23(36)38)11-15-2-5-20-17(10-15)13-32-35(20)14-16-3-4-18(24(26,27)28)12-19(16)25(29,30)31/h2-5,10-13H,6-9,14H2,1H3/b21-11-. The van der Waals surface area contributed by atoms with Crippen LogP contribution in [-0.4, -0.2) is 69.1 Å². The Hall–Kier alpha value is -3.36. The molecule has 0 unspecified atom stereocenters. The number of piperazine rings is 1. The first-order valence-electron chi connectivity index (χ1n) is 11.8. The topological polar surface area (TPSA) is 61.7 Å². The predicted molar refractivity (Wildman–Crippen MR) is 132 cm³/mol. The van der Waals surface area contributed by atoms with E-state index in [1.165, 1.54) is 10.9 Å². The van der Waals surface area contributed by atoms with E-state index >= 15 is 0 Å². The molecule has 2 saturated heterocycles. The maximum atomic E-state index is 13.6. The fourth-order valence-corrected chi connectivity index (χ4v) is 5.33. The predicted octanol–water partition coefficient (Wildman–Crippen LogP) is 5.32. The minimum Gasteiger partial charge on any atom is -0.304 e. The lowest BCUT2D eigenvalue weighted by Crippen LogP contribution is -2.54. The van der Waals surface area contributed by atoms with Gasteiger partial charge in [-0.1, -0.05) is 12.1 Å². The van der Waals surface area contributed by atoms with Crippen LogP contribution in [-0.2, 0) is 23.7 Å². The number of amides is 2.